The molecule has 0 saturated heterocycles. The molecule has 142 valence electrons. The Bertz CT molecular complexity index is 1030. The number of rotatable bonds is 5. The first-order chi connectivity index (χ1) is 13.5. The summed E-state index contributed by atoms with van der Waals surface area (Å²) in [7, 11) is 1.34. The van der Waals surface area contributed by atoms with Crippen LogP contribution < -0.4 is 10.6 Å². The molecule has 0 unspecified atom stereocenters. The number of aromatic nitrogens is 1. The van der Waals surface area contributed by atoms with Crippen molar-refractivity contribution in [2.75, 3.05) is 17.7 Å². The molecular weight excluding hydrogens is 354 g/mol. The highest BCUT2D eigenvalue weighted by Crippen LogP contribution is 2.20. The Morgan fingerprint density at radius 2 is 1.75 bits per heavy atom. The zero-order chi connectivity index (χ0) is 20.1. The molecule has 2 N–H and O–H groups in total. The smallest absolute Gasteiger partial charge is 0.337 e. The van der Waals surface area contributed by atoms with Crippen molar-refractivity contribution in [1.29, 1.82) is 0 Å². The van der Waals surface area contributed by atoms with Crippen LogP contribution in [0.3, 0.4) is 0 Å². The molecule has 0 aliphatic carbocycles. The van der Waals surface area contributed by atoms with Gasteiger partial charge in [0.15, 0.2) is 0 Å². The Hall–Kier alpha value is -3.67. The average Bonchev–Trinajstić information content (AvgIpc) is 2.70. The number of esters is 1. The van der Waals surface area contributed by atoms with Crippen molar-refractivity contribution >= 4 is 28.9 Å². The molecule has 1 heterocycles. The first kappa shape index (κ1) is 19.1. The lowest BCUT2D eigenvalue weighted by molar-refractivity contribution is 0.0600. The van der Waals surface area contributed by atoms with Crippen LogP contribution in [0.25, 0.3) is 0 Å². The standard InChI is InChI=1S/C22H21N3O3/c1-14-7-8-15(2)19(11-14)25-21(26)20-13-18(9-10-23-20)24-17-6-4-5-16(12-17)22(27)28-3/h4-13H,1-3H3,(H,23,24)(H,25,26). The van der Waals surface area contributed by atoms with Gasteiger partial charge in [-0.05, 0) is 61.4 Å². The van der Waals surface area contributed by atoms with Gasteiger partial charge in [-0.3, -0.25) is 9.78 Å². The van der Waals surface area contributed by atoms with Crippen LogP contribution in [0, 0.1) is 13.8 Å². The summed E-state index contributed by atoms with van der Waals surface area (Å²) in [6.45, 7) is 3.91. The number of carbonyl (C=O) groups excluding carboxylic acids is 2. The Labute approximate surface area is 163 Å². The Morgan fingerprint density at radius 3 is 2.54 bits per heavy atom. The highest BCUT2D eigenvalue weighted by molar-refractivity contribution is 6.03. The van der Waals surface area contributed by atoms with E-state index in [1.807, 2.05) is 38.1 Å². The third-order valence-electron chi connectivity index (χ3n) is 4.21. The number of pyridine rings is 1. The van der Waals surface area contributed by atoms with Crippen LogP contribution in [0.5, 0.6) is 0 Å². The van der Waals surface area contributed by atoms with Crippen LogP contribution >= 0.6 is 0 Å². The number of carbonyl (C=O) groups is 2. The minimum absolute atomic E-state index is 0.287. The van der Waals surface area contributed by atoms with Crippen LogP contribution in [0.1, 0.15) is 32.0 Å². The largest absolute Gasteiger partial charge is 0.465 e. The van der Waals surface area contributed by atoms with Gasteiger partial charge in [-0.2, -0.15) is 0 Å². The van der Waals surface area contributed by atoms with E-state index in [-0.39, 0.29) is 11.6 Å². The molecule has 3 rings (SSSR count). The number of anilines is 3. The van der Waals surface area contributed by atoms with Crippen molar-refractivity contribution in [1.82, 2.24) is 4.98 Å². The zero-order valence-corrected chi connectivity index (χ0v) is 15.9. The van der Waals surface area contributed by atoms with Crippen molar-refractivity contribution in [2.45, 2.75) is 13.8 Å². The van der Waals surface area contributed by atoms with Gasteiger partial charge in [0, 0.05) is 23.3 Å². The number of hydrogen-bond donors (Lipinski definition) is 2. The fourth-order valence-corrected chi connectivity index (χ4v) is 2.70. The van der Waals surface area contributed by atoms with Crippen molar-refractivity contribution < 1.29 is 14.3 Å². The fraction of sp³-hybridized carbons (Fsp3) is 0.136. The summed E-state index contributed by atoms with van der Waals surface area (Å²) >= 11 is 0. The minimum atomic E-state index is -0.410. The van der Waals surface area contributed by atoms with Crippen molar-refractivity contribution in [3.8, 4) is 0 Å². The highest BCUT2D eigenvalue weighted by Gasteiger charge is 2.11. The maximum Gasteiger partial charge on any atom is 0.337 e. The maximum absolute atomic E-state index is 12.6. The number of ether oxygens (including phenoxy) is 1. The molecule has 6 nitrogen and oxygen atoms in total. The molecule has 6 heteroatoms. The summed E-state index contributed by atoms with van der Waals surface area (Å²) in [5.41, 5.74) is 4.92. The highest BCUT2D eigenvalue weighted by atomic mass is 16.5. The summed E-state index contributed by atoms with van der Waals surface area (Å²) in [5.74, 6) is -0.701. The molecule has 0 fully saturated rings. The summed E-state index contributed by atoms with van der Waals surface area (Å²) in [4.78, 5) is 28.4. The van der Waals surface area contributed by atoms with E-state index in [9.17, 15) is 9.59 Å². The molecule has 0 aliphatic rings. The molecule has 0 spiro atoms. The van der Waals surface area contributed by atoms with Gasteiger partial charge in [0.2, 0.25) is 0 Å². The van der Waals surface area contributed by atoms with Crippen molar-refractivity contribution in [3.63, 3.8) is 0 Å². The van der Waals surface area contributed by atoms with Crippen molar-refractivity contribution in [3.05, 3.63) is 83.2 Å². The van der Waals surface area contributed by atoms with Crippen LogP contribution in [-0.4, -0.2) is 24.0 Å². The van der Waals surface area contributed by atoms with E-state index >= 15 is 0 Å². The molecule has 0 bridgehead atoms. The number of nitrogens with one attached hydrogen (secondary N) is 2. The van der Waals surface area contributed by atoms with Crippen LogP contribution in [0.2, 0.25) is 0 Å². The SMILES string of the molecule is COC(=O)c1cccc(Nc2ccnc(C(=O)Nc3cc(C)ccc3C)c2)c1. The van der Waals surface area contributed by atoms with Gasteiger partial charge in [-0.15, -0.1) is 0 Å². The van der Waals surface area contributed by atoms with Gasteiger partial charge >= 0.3 is 5.97 Å². The predicted molar refractivity (Wildman–Crippen MR) is 109 cm³/mol. The van der Waals surface area contributed by atoms with Crippen LogP contribution in [-0.2, 0) is 4.74 Å². The topological polar surface area (TPSA) is 80.3 Å². The third-order valence-corrected chi connectivity index (χ3v) is 4.21. The van der Waals surface area contributed by atoms with E-state index < -0.39 is 5.97 Å². The summed E-state index contributed by atoms with van der Waals surface area (Å²) in [6, 6.07) is 16.2. The van der Waals surface area contributed by atoms with Gasteiger partial charge < -0.3 is 15.4 Å². The van der Waals surface area contributed by atoms with Gasteiger partial charge in [-0.1, -0.05) is 18.2 Å². The van der Waals surface area contributed by atoms with Crippen LogP contribution in [0.15, 0.2) is 60.8 Å². The first-order valence-electron chi connectivity index (χ1n) is 8.76. The molecule has 0 atom stereocenters. The van der Waals surface area contributed by atoms with Gasteiger partial charge in [0.25, 0.3) is 5.91 Å². The Balaban J connectivity index is 1.78. The Morgan fingerprint density at radius 1 is 0.964 bits per heavy atom. The average molecular weight is 375 g/mol. The second-order valence-corrected chi connectivity index (χ2v) is 6.40. The lowest BCUT2D eigenvalue weighted by Crippen LogP contribution is -2.14. The van der Waals surface area contributed by atoms with Crippen LogP contribution in [0.4, 0.5) is 17.1 Å². The molecule has 0 saturated carbocycles. The maximum atomic E-state index is 12.6. The van der Waals surface area contributed by atoms with Gasteiger partial charge in [0.05, 0.1) is 12.7 Å². The normalized spacial score (nSPS) is 10.2. The molecule has 2 aromatic carbocycles. The second kappa shape index (κ2) is 8.35. The molecule has 1 aromatic heterocycles. The molecular formula is C22H21N3O3. The number of aryl methyl sites for hydroxylation is 2. The minimum Gasteiger partial charge on any atom is -0.465 e. The van der Waals surface area contributed by atoms with Gasteiger partial charge in [0.1, 0.15) is 5.69 Å². The molecule has 0 aliphatic heterocycles. The number of nitrogens with zero attached hydrogens (tertiary/aromatic N) is 1. The lowest BCUT2D eigenvalue weighted by atomic mass is 10.1. The predicted octanol–water partition coefficient (Wildman–Crippen LogP) is 4.48. The fourth-order valence-electron chi connectivity index (χ4n) is 2.70. The van der Waals surface area contributed by atoms with Crippen molar-refractivity contribution in [2.24, 2.45) is 0 Å². The van der Waals surface area contributed by atoms with Gasteiger partial charge in [-0.25, -0.2) is 4.79 Å². The van der Waals surface area contributed by atoms with E-state index in [4.69, 9.17) is 4.74 Å². The summed E-state index contributed by atoms with van der Waals surface area (Å²) < 4.78 is 4.74. The lowest BCUT2D eigenvalue weighted by Gasteiger charge is -2.11. The zero-order valence-electron chi connectivity index (χ0n) is 15.9. The number of methoxy groups -OCH3 is 1. The third kappa shape index (κ3) is 4.54. The molecule has 0 radical (unpaired) electrons. The van der Waals surface area contributed by atoms with E-state index in [1.165, 1.54) is 7.11 Å². The molecule has 1 amide bonds. The molecule has 3 aromatic rings. The van der Waals surface area contributed by atoms with E-state index in [2.05, 4.69) is 15.6 Å². The number of hydrogen-bond acceptors (Lipinski definition) is 5. The number of amides is 1. The first-order valence-corrected chi connectivity index (χ1v) is 8.76. The quantitative estimate of drug-likeness (QED) is 0.643. The monoisotopic (exact) mass is 375 g/mol. The Kier molecular flexibility index (Phi) is 5.69. The second-order valence-electron chi connectivity index (χ2n) is 6.40. The van der Waals surface area contributed by atoms with E-state index in [0.29, 0.717) is 16.9 Å². The van der Waals surface area contributed by atoms with E-state index in [1.54, 1.807) is 36.5 Å². The summed E-state index contributed by atoms with van der Waals surface area (Å²) in [6.07, 6.45) is 1.56. The van der Waals surface area contributed by atoms with E-state index in [0.717, 1.165) is 16.8 Å². The molecule has 28 heavy (non-hydrogen) atoms. The summed E-state index contributed by atoms with van der Waals surface area (Å²) in [5, 5.41) is 6.07. The number of benzene rings is 2.